The first-order valence-corrected chi connectivity index (χ1v) is 5.83. The topological polar surface area (TPSA) is 72.8 Å². The van der Waals surface area contributed by atoms with Crippen molar-refractivity contribution in [3.8, 4) is 5.75 Å². The van der Waals surface area contributed by atoms with Crippen molar-refractivity contribution in [1.82, 2.24) is 0 Å². The maximum absolute atomic E-state index is 11.4. The van der Waals surface area contributed by atoms with Gasteiger partial charge in [0, 0.05) is 5.41 Å². The van der Waals surface area contributed by atoms with E-state index in [0.717, 1.165) is 0 Å². The van der Waals surface area contributed by atoms with Crippen molar-refractivity contribution in [3.63, 3.8) is 0 Å². The van der Waals surface area contributed by atoms with Crippen LogP contribution < -0.4 is 4.74 Å². The Hall–Kier alpha value is -2.04. The van der Waals surface area contributed by atoms with Crippen LogP contribution in [0.5, 0.6) is 5.75 Å². The Bertz CT molecular complexity index is 473. The highest BCUT2D eigenvalue weighted by Crippen LogP contribution is 2.25. The first-order chi connectivity index (χ1) is 8.75. The molecule has 1 unspecified atom stereocenters. The minimum atomic E-state index is -1.05. The van der Waals surface area contributed by atoms with E-state index in [4.69, 9.17) is 4.74 Å². The van der Waals surface area contributed by atoms with Crippen molar-refractivity contribution in [2.45, 2.75) is 26.9 Å². The lowest BCUT2D eigenvalue weighted by Crippen LogP contribution is -2.39. The first-order valence-electron chi connectivity index (χ1n) is 5.83. The van der Waals surface area contributed by atoms with Crippen LogP contribution in [-0.2, 0) is 9.53 Å². The lowest BCUT2D eigenvalue weighted by molar-refractivity contribution is -0.150. The van der Waals surface area contributed by atoms with Gasteiger partial charge in [-0.2, -0.15) is 0 Å². The fourth-order valence-corrected chi connectivity index (χ4v) is 1.55. The van der Waals surface area contributed by atoms with E-state index in [2.05, 4.69) is 4.74 Å². The van der Waals surface area contributed by atoms with E-state index in [0.29, 0.717) is 11.3 Å². The number of carbonyl (C=O) groups excluding carboxylic acids is 1. The molecule has 0 spiro atoms. The summed E-state index contributed by atoms with van der Waals surface area (Å²) in [6.45, 7) is 5.32. The standard InChI is InChI=1S/C14H18O5/c1-14(2,3)11(12(15)16)19-10-7-5-6-9(8-10)13(17)18-4/h5-8,11H,1-4H3,(H,15,16). The second-order valence-electron chi connectivity index (χ2n) is 5.22. The highest BCUT2D eigenvalue weighted by atomic mass is 16.5. The summed E-state index contributed by atoms with van der Waals surface area (Å²) in [6.07, 6.45) is -1.000. The maximum Gasteiger partial charge on any atom is 0.345 e. The number of carboxylic acid groups (broad SMARTS) is 1. The van der Waals surface area contributed by atoms with Crippen LogP contribution in [0.3, 0.4) is 0 Å². The molecule has 0 amide bonds. The number of esters is 1. The van der Waals surface area contributed by atoms with E-state index in [-0.39, 0.29) is 0 Å². The molecule has 0 radical (unpaired) electrons. The molecule has 104 valence electrons. The SMILES string of the molecule is COC(=O)c1cccc(OC(C(=O)O)C(C)(C)C)c1. The summed E-state index contributed by atoms with van der Waals surface area (Å²) in [7, 11) is 1.28. The molecule has 0 aromatic heterocycles. The summed E-state index contributed by atoms with van der Waals surface area (Å²) in [5.74, 6) is -1.21. The third-order valence-corrected chi connectivity index (χ3v) is 2.52. The monoisotopic (exact) mass is 266 g/mol. The van der Waals surface area contributed by atoms with E-state index >= 15 is 0 Å². The fourth-order valence-electron chi connectivity index (χ4n) is 1.55. The van der Waals surface area contributed by atoms with Gasteiger partial charge >= 0.3 is 11.9 Å². The van der Waals surface area contributed by atoms with Crippen molar-refractivity contribution < 1.29 is 24.2 Å². The van der Waals surface area contributed by atoms with Crippen LogP contribution in [0.15, 0.2) is 24.3 Å². The number of methoxy groups -OCH3 is 1. The summed E-state index contributed by atoms with van der Waals surface area (Å²) in [5.41, 5.74) is -0.245. The molecule has 19 heavy (non-hydrogen) atoms. The van der Waals surface area contributed by atoms with E-state index in [1.54, 1.807) is 39.0 Å². The van der Waals surface area contributed by atoms with Crippen LogP contribution in [0.4, 0.5) is 0 Å². The zero-order valence-electron chi connectivity index (χ0n) is 11.5. The summed E-state index contributed by atoms with van der Waals surface area (Å²) in [6, 6.07) is 6.26. The Morgan fingerprint density at radius 3 is 2.37 bits per heavy atom. The average molecular weight is 266 g/mol. The van der Waals surface area contributed by atoms with Crippen molar-refractivity contribution >= 4 is 11.9 Å². The number of hydrogen-bond acceptors (Lipinski definition) is 4. The molecule has 5 heteroatoms. The number of ether oxygens (including phenoxy) is 2. The van der Waals surface area contributed by atoms with Crippen LogP contribution in [0.1, 0.15) is 31.1 Å². The van der Waals surface area contributed by atoms with Gasteiger partial charge in [-0.05, 0) is 18.2 Å². The lowest BCUT2D eigenvalue weighted by Gasteiger charge is -2.27. The molecule has 0 bridgehead atoms. The summed E-state index contributed by atoms with van der Waals surface area (Å²) < 4.78 is 10.1. The Kier molecular flexibility index (Phi) is 4.53. The molecule has 1 rings (SSSR count). The predicted molar refractivity (Wildman–Crippen MR) is 69.3 cm³/mol. The van der Waals surface area contributed by atoms with Crippen molar-refractivity contribution in [2.75, 3.05) is 7.11 Å². The van der Waals surface area contributed by atoms with Gasteiger partial charge in [-0.1, -0.05) is 26.8 Å². The average Bonchev–Trinajstić information content (AvgIpc) is 2.33. The lowest BCUT2D eigenvalue weighted by atomic mass is 9.89. The Morgan fingerprint density at radius 2 is 1.89 bits per heavy atom. The molecule has 0 heterocycles. The maximum atomic E-state index is 11.4. The Labute approximate surface area is 112 Å². The normalized spacial score (nSPS) is 12.6. The number of benzene rings is 1. The van der Waals surface area contributed by atoms with Gasteiger partial charge in [0.1, 0.15) is 5.75 Å². The van der Waals surface area contributed by atoms with Crippen LogP contribution in [-0.4, -0.2) is 30.3 Å². The molecule has 1 atom stereocenters. The van der Waals surface area contributed by atoms with Gasteiger partial charge in [-0.3, -0.25) is 0 Å². The van der Waals surface area contributed by atoms with Crippen molar-refractivity contribution in [3.05, 3.63) is 29.8 Å². The predicted octanol–water partition coefficient (Wildman–Crippen LogP) is 2.35. The number of hydrogen-bond donors (Lipinski definition) is 1. The van der Waals surface area contributed by atoms with E-state index in [1.807, 2.05) is 0 Å². The molecular formula is C14H18O5. The van der Waals surface area contributed by atoms with Crippen LogP contribution in [0, 0.1) is 5.41 Å². The second-order valence-corrected chi connectivity index (χ2v) is 5.22. The Morgan fingerprint density at radius 1 is 1.26 bits per heavy atom. The van der Waals surface area contributed by atoms with Crippen LogP contribution in [0.25, 0.3) is 0 Å². The second kappa shape index (κ2) is 5.73. The van der Waals surface area contributed by atoms with E-state index in [1.165, 1.54) is 13.2 Å². The molecule has 1 aromatic carbocycles. The number of carboxylic acids is 1. The van der Waals surface area contributed by atoms with Gasteiger partial charge in [0.05, 0.1) is 12.7 Å². The van der Waals surface area contributed by atoms with E-state index in [9.17, 15) is 14.7 Å². The van der Waals surface area contributed by atoms with Crippen LogP contribution in [0.2, 0.25) is 0 Å². The van der Waals surface area contributed by atoms with Crippen molar-refractivity contribution in [2.24, 2.45) is 5.41 Å². The number of aliphatic carboxylic acids is 1. The van der Waals surface area contributed by atoms with Gasteiger partial charge < -0.3 is 14.6 Å². The van der Waals surface area contributed by atoms with Gasteiger partial charge in [-0.15, -0.1) is 0 Å². The minimum absolute atomic E-state index is 0.318. The molecule has 0 saturated carbocycles. The Balaban J connectivity index is 2.98. The van der Waals surface area contributed by atoms with Crippen molar-refractivity contribution in [1.29, 1.82) is 0 Å². The molecule has 0 fully saturated rings. The zero-order chi connectivity index (χ0) is 14.6. The quantitative estimate of drug-likeness (QED) is 0.847. The summed E-state index contributed by atoms with van der Waals surface area (Å²) >= 11 is 0. The molecule has 1 aromatic rings. The molecule has 0 aliphatic carbocycles. The highest BCUT2D eigenvalue weighted by Gasteiger charge is 2.33. The van der Waals surface area contributed by atoms with E-state index < -0.39 is 23.5 Å². The number of carbonyl (C=O) groups is 2. The number of rotatable bonds is 4. The smallest absolute Gasteiger partial charge is 0.345 e. The molecule has 0 saturated heterocycles. The zero-order valence-corrected chi connectivity index (χ0v) is 11.5. The fraction of sp³-hybridized carbons (Fsp3) is 0.429. The molecule has 1 N–H and O–H groups in total. The highest BCUT2D eigenvalue weighted by molar-refractivity contribution is 5.89. The third kappa shape index (κ3) is 3.98. The summed E-state index contributed by atoms with van der Waals surface area (Å²) in [5, 5.41) is 9.18. The molecular weight excluding hydrogens is 248 g/mol. The third-order valence-electron chi connectivity index (χ3n) is 2.52. The summed E-state index contributed by atoms with van der Waals surface area (Å²) in [4.78, 5) is 22.6. The van der Waals surface area contributed by atoms with Gasteiger partial charge in [0.25, 0.3) is 0 Å². The molecule has 0 aliphatic rings. The molecule has 0 aliphatic heterocycles. The van der Waals surface area contributed by atoms with Gasteiger partial charge in [-0.25, -0.2) is 9.59 Å². The van der Waals surface area contributed by atoms with Crippen LogP contribution >= 0.6 is 0 Å². The van der Waals surface area contributed by atoms with Gasteiger partial charge in [0.15, 0.2) is 6.10 Å². The molecule has 5 nitrogen and oxygen atoms in total. The van der Waals surface area contributed by atoms with Gasteiger partial charge in [0.2, 0.25) is 0 Å². The largest absolute Gasteiger partial charge is 0.478 e. The minimum Gasteiger partial charge on any atom is -0.478 e. The first kappa shape index (κ1) is 15.0.